The number of hydrogen-bond acceptors (Lipinski definition) is 7. The summed E-state index contributed by atoms with van der Waals surface area (Å²) in [4.78, 5) is 22.0. The molecule has 0 atom stereocenters. The van der Waals surface area contributed by atoms with E-state index in [1.807, 2.05) is 23.0 Å². The van der Waals surface area contributed by atoms with Gasteiger partial charge < -0.3 is 18.9 Å². The largest absolute Gasteiger partial charge is 0.481 e. The third-order valence-electron chi connectivity index (χ3n) is 3.98. The molecule has 0 saturated carbocycles. The summed E-state index contributed by atoms with van der Waals surface area (Å²) in [6.07, 6.45) is 9.16. The maximum absolute atomic E-state index is 5.17. The van der Waals surface area contributed by atoms with Crippen LogP contribution in [0.5, 0.6) is 5.88 Å². The molecule has 1 fully saturated rings. The lowest BCUT2D eigenvalue weighted by molar-refractivity contribution is 0.396. The molecule has 0 N–H and O–H groups in total. The number of aromatic nitrogens is 5. The lowest BCUT2D eigenvalue weighted by Crippen LogP contribution is -2.47. The number of fused-ring (bicyclic) bond motifs is 1. The number of imidazole rings is 1. The van der Waals surface area contributed by atoms with Gasteiger partial charge in [-0.05, 0) is 0 Å². The number of rotatable bonds is 3. The molecule has 8 heteroatoms. The van der Waals surface area contributed by atoms with Crippen LogP contribution in [0.2, 0.25) is 0 Å². The normalized spacial score (nSPS) is 15.2. The van der Waals surface area contributed by atoms with Gasteiger partial charge in [-0.15, -0.1) is 0 Å². The predicted octanol–water partition coefficient (Wildman–Crippen LogP) is 0.854. The summed E-state index contributed by atoms with van der Waals surface area (Å²) < 4.78 is 7.15. The molecular weight excluding hydrogens is 294 g/mol. The zero-order chi connectivity index (χ0) is 15.6. The van der Waals surface area contributed by atoms with Crippen molar-refractivity contribution in [3.63, 3.8) is 0 Å². The highest BCUT2D eigenvalue weighted by Crippen LogP contribution is 2.20. The van der Waals surface area contributed by atoms with Gasteiger partial charge in [-0.1, -0.05) is 0 Å². The highest BCUT2D eigenvalue weighted by atomic mass is 16.5. The lowest BCUT2D eigenvalue weighted by Gasteiger charge is -2.35. The first-order valence-electron chi connectivity index (χ1n) is 7.50. The second-order valence-electron chi connectivity index (χ2n) is 5.28. The molecule has 0 spiro atoms. The Hall–Kier alpha value is -2.90. The molecule has 1 aliphatic rings. The third kappa shape index (κ3) is 2.52. The van der Waals surface area contributed by atoms with Crippen LogP contribution in [0.1, 0.15) is 0 Å². The summed E-state index contributed by atoms with van der Waals surface area (Å²) >= 11 is 0. The monoisotopic (exact) mass is 311 g/mol. The number of nitrogens with zero attached hydrogens (tertiary/aromatic N) is 7. The van der Waals surface area contributed by atoms with Gasteiger partial charge in [-0.3, -0.25) is 0 Å². The minimum atomic E-state index is 0.584. The van der Waals surface area contributed by atoms with Crippen LogP contribution in [-0.2, 0) is 0 Å². The number of methoxy groups -OCH3 is 1. The maximum Gasteiger partial charge on any atom is 0.228 e. The zero-order valence-corrected chi connectivity index (χ0v) is 12.8. The quantitative estimate of drug-likeness (QED) is 0.710. The van der Waals surface area contributed by atoms with E-state index in [4.69, 9.17) is 4.74 Å². The SMILES string of the molecule is COc1ccnc(N2CCN(c3nccn4ccnc34)CC2)n1. The Kier molecular flexibility index (Phi) is 3.41. The summed E-state index contributed by atoms with van der Waals surface area (Å²) in [5.74, 6) is 2.21. The standard InChI is InChI=1S/C15H17N7O/c1-23-12-2-3-18-15(19-12)22-10-8-21(9-11-22)14-13-16-4-6-20(13)7-5-17-14/h2-7H,8-11H2,1H3. The fourth-order valence-electron chi connectivity index (χ4n) is 2.78. The average molecular weight is 311 g/mol. The van der Waals surface area contributed by atoms with Gasteiger partial charge in [0.05, 0.1) is 7.11 Å². The smallest absolute Gasteiger partial charge is 0.228 e. The van der Waals surface area contributed by atoms with Crippen LogP contribution in [0.25, 0.3) is 5.65 Å². The van der Waals surface area contributed by atoms with Gasteiger partial charge in [0.1, 0.15) is 0 Å². The van der Waals surface area contributed by atoms with Crippen molar-refractivity contribution in [1.82, 2.24) is 24.3 Å². The van der Waals surface area contributed by atoms with E-state index >= 15 is 0 Å². The highest BCUT2D eigenvalue weighted by Gasteiger charge is 2.22. The van der Waals surface area contributed by atoms with E-state index in [0.717, 1.165) is 37.6 Å². The molecule has 3 aromatic rings. The highest BCUT2D eigenvalue weighted by molar-refractivity contribution is 5.64. The Morgan fingerprint density at radius 3 is 2.43 bits per heavy atom. The Morgan fingerprint density at radius 1 is 0.913 bits per heavy atom. The number of ether oxygens (including phenoxy) is 1. The van der Waals surface area contributed by atoms with E-state index in [2.05, 4.69) is 29.7 Å². The van der Waals surface area contributed by atoms with E-state index < -0.39 is 0 Å². The third-order valence-corrected chi connectivity index (χ3v) is 3.98. The van der Waals surface area contributed by atoms with Crippen LogP contribution < -0.4 is 14.5 Å². The fourth-order valence-corrected chi connectivity index (χ4v) is 2.78. The van der Waals surface area contributed by atoms with E-state index in [0.29, 0.717) is 11.8 Å². The molecule has 8 nitrogen and oxygen atoms in total. The van der Waals surface area contributed by atoms with E-state index in [1.54, 1.807) is 25.6 Å². The van der Waals surface area contributed by atoms with Crippen molar-refractivity contribution in [2.75, 3.05) is 43.1 Å². The van der Waals surface area contributed by atoms with Crippen LogP contribution in [0.4, 0.5) is 11.8 Å². The minimum Gasteiger partial charge on any atom is -0.481 e. The Balaban J connectivity index is 1.51. The van der Waals surface area contributed by atoms with Crippen molar-refractivity contribution >= 4 is 17.4 Å². The molecule has 23 heavy (non-hydrogen) atoms. The van der Waals surface area contributed by atoms with Gasteiger partial charge in [-0.25, -0.2) is 15.0 Å². The first-order chi connectivity index (χ1) is 11.3. The van der Waals surface area contributed by atoms with Crippen molar-refractivity contribution in [2.24, 2.45) is 0 Å². The first-order valence-corrected chi connectivity index (χ1v) is 7.50. The summed E-state index contributed by atoms with van der Waals surface area (Å²) in [7, 11) is 1.61. The molecule has 118 valence electrons. The fraction of sp³-hybridized carbons (Fsp3) is 0.333. The number of hydrogen-bond donors (Lipinski definition) is 0. The molecule has 3 aromatic heterocycles. The van der Waals surface area contributed by atoms with Crippen molar-refractivity contribution < 1.29 is 4.74 Å². The number of piperazine rings is 1. The van der Waals surface area contributed by atoms with Crippen molar-refractivity contribution in [3.05, 3.63) is 37.1 Å². The van der Waals surface area contributed by atoms with E-state index in [9.17, 15) is 0 Å². The molecule has 0 bridgehead atoms. The predicted molar refractivity (Wildman–Crippen MR) is 86.0 cm³/mol. The van der Waals surface area contributed by atoms with Crippen molar-refractivity contribution in [3.8, 4) is 5.88 Å². The maximum atomic E-state index is 5.17. The molecular formula is C15H17N7O. The van der Waals surface area contributed by atoms with Gasteiger partial charge in [0, 0.05) is 63.2 Å². The van der Waals surface area contributed by atoms with Crippen LogP contribution in [0, 0.1) is 0 Å². The van der Waals surface area contributed by atoms with Crippen LogP contribution in [0.15, 0.2) is 37.1 Å². The van der Waals surface area contributed by atoms with Gasteiger partial charge in [0.25, 0.3) is 0 Å². The molecule has 0 aromatic carbocycles. The van der Waals surface area contributed by atoms with E-state index in [1.165, 1.54) is 0 Å². The molecule has 4 rings (SSSR count). The average Bonchev–Trinajstić information content (AvgIpc) is 3.11. The summed E-state index contributed by atoms with van der Waals surface area (Å²) in [6, 6.07) is 1.75. The zero-order valence-electron chi connectivity index (χ0n) is 12.8. The molecule has 1 saturated heterocycles. The summed E-state index contributed by atoms with van der Waals surface area (Å²) in [5.41, 5.74) is 0.888. The summed E-state index contributed by atoms with van der Waals surface area (Å²) in [5, 5.41) is 0. The Bertz CT molecular complexity index is 810. The molecule has 0 amide bonds. The first kappa shape index (κ1) is 13.7. The van der Waals surface area contributed by atoms with Crippen LogP contribution in [0.3, 0.4) is 0 Å². The molecule has 0 unspecified atom stereocenters. The molecule has 4 heterocycles. The minimum absolute atomic E-state index is 0.584. The van der Waals surface area contributed by atoms with Gasteiger partial charge >= 0.3 is 0 Å². The second-order valence-corrected chi connectivity index (χ2v) is 5.28. The van der Waals surface area contributed by atoms with Gasteiger partial charge in [0.15, 0.2) is 11.5 Å². The second kappa shape index (κ2) is 5.71. The van der Waals surface area contributed by atoms with Gasteiger partial charge in [0.2, 0.25) is 11.8 Å². The molecule has 1 aliphatic heterocycles. The van der Waals surface area contributed by atoms with Crippen molar-refractivity contribution in [1.29, 1.82) is 0 Å². The molecule has 0 aliphatic carbocycles. The topological polar surface area (TPSA) is 71.7 Å². The van der Waals surface area contributed by atoms with Crippen molar-refractivity contribution in [2.45, 2.75) is 0 Å². The molecule has 0 radical (unpaired) electrons. The van der Waals surface area contributed by atoms with Crippen LogP contribution in [-0.4, -0.2) is 57.6 Å². The van der Waals surface area contributed by atoms with Crippen LogP contribution >= 0.6 is 0 Å². The van der Waals surface area contributed by atoms with E-state index in [-0.39, 0.29) is 0 Å². The van der Waals surface area contributed by atoms with Gasteiger partial charge in [-0.2, -0.15) is 4.98 Å². The Morgan fingerprint density at radius 2 is 1.65 bits per heavy atom. The lowest BCUT2D eigenvalue weighted by atomic mass is 10.3. The Labute approximate surface area is 133 Å². The summed E-state index contributed by atoms with van der Waals surface area (Å²) in [6.45, 7) is 3.35. The number of anilines is 2.